The zero-order valence-corrected chi connectivity index (χ0v) is 19.7. The van der Waals surface area contributed by atoms with Crippen LogP contribution in [-0.2, 0) is 17.8 Å². The third-order valence-corrected chi connectivity index (χ3v) is 5.89. The summed E-state index contributed by atoms with van der Waals surface area (Å²) in [5.41, 5.74) is 4.46. The van der Waals surface area contributed by atoms with Crippen LogP contribution in [0.2, 0.25) is 0 Å². The number of halogens is 1. The third-order valence-electron chi connectivity index (χ3n) is 5.89. The Bertz CT molecular complexity index is 1070. The Kier molecular flexibility index (Phi) is 9.47. The van der Waals surface area contributed by atoms with Crippen LogP contribution in [0.3, 0.4) is 0 Å². The van der Waals surface area contributed by atoms with Crippen molar-refractivity contribution < 1.29 is 23.8 Å². The van der Waals surface area contributed by atoms with Gasteiger partial charge in [0.05, 0.1) is 7.11 Å². The number of aryl methyl sites for hydroxylation is 1. The van der Waals surface area contributed by atoms with Crippen LogP contribution in [0, 0.1) is 5.82 Å². The lowest BCUT2D eigenvalue weighted by atomic mass is 9.94. The molecule has 5 nitrogen and oxygen atoms in total. The van der Waals surface area contributed by atoms with Gasteiger partial charge in [-0.05, 0) is 65.8 Å². The van der Waals surface area contributed by atoms with Gasteiger partial charge in [-0.25, -0.2) is 4.39 Å². The van der Waals surface area contributed by atoms with Crippen molar-refractivity contribution in [2.24, 2.45) is 0 Å². The molecule has 0 saturated heterocycles. The highest BCUT2D eigenvalue weighted by molar-refractivity contribution is 5.72. The molecule has 0 aliphatic heterocycles. The number of carbonyl (C=O) groups excluding carboxylic acids is 1. The van der Waals surface area contributed by atoms with Gasteiger partial charge < -0.3 is 19.9 Å². The van der Waals surface area contributed by atoms with E-state index in [0.29, 0.717) is 37.5 Å². The largest absolute Gasteiger partial charge is 0.496 e. The summed E-state index contributed by atoms with van der Waals surface area (Å²) in [7, 11) is 1.60. The zero-order valence-electron chi connectivity index (χ0n) is 19.7. The summed E-state index contributed by atoms with van der Waals surface area (Å²) in [5, 5.41) is 12.4. The predicted octanol–water partition coefficient (Wildman–Crippen LogP) is 5.24. The lowest BCUT2D eigenvalue weighted by Crippen LogP contribution is -2.14. The van der Waals surface area contributed by atoms with Crippen LogP contribution in [0.4, 0.5) is 4.39 Å². The fraction of sp³-hybridized carbons (Fsp3) is 0.321. The number of ether oxygens (including phenoxy) is 2. The Hall–Kier alpha value is -3.38. The van der Waals surface area contributed by atoms with Gasteiger partial charge in [0, 0.05) is 24.6 Å². The minimum Gasteiger partial charge on any atom is -0.496 e. The molecule has 0 bridgehead atoms. The standard InChI is InChI=1S/C28H32FNO4/c1-3-21-15-25(29)16-27(28(21)33-2)22-9-11-26(12-10-22)34-18-20-6-4-7-23(14-20)24(17-31)8-5-13-30-19-32/h4,6-7,9-12,14-16,19,24,31H,3,5,8,13,17-18H2,1-2H3,(H,30,32). The van der Waals surface area contributed by atoms with Gasteiger partial charge in [0.15, 0.2) is 0 Å². The number of aliphatic hydroxyl groups is 1. The molecule has 0 fully saturated rings. The molecule has 0 radical (unpaired) electrons. The van der Waals surface area contributed by atoms with Crippen molar-refractivity contribution in [1.82, 2.24) is 5.32 Å². The number of hydrogen-bond donors (Lipinski definition) is 2. The van der Waals surface area contributed by atoms with Crippen molar-refractivity contribution in [3.8, 4) is 22.6 Å². The molecule has 3 rings (SSSR count). The Morgan fingerprint density at radius 2 is 1.91 bits per heavy atom. The summed E-state index contributed by atoms with van der Waals surface area (Å²) in [6.45, 7) is 3.01. The topological polar surface area (TPSA) is 67.8 Å². The molecule has 3 aromatic rings. The van der Waals surface area contributed by atoms with E-state index in [1.54, 1.807) is 7.11 Å². The van der Waals surface area contributed by atoms with E-state index in [9.17, 15) is 14.3 Å². The SMILES string of the molecule is CCc1cc(F)cc(-c2ccc(OCc3cccc(C(CO)CCCNC=O)c3)cc2)c1OC. The Balaban J connectivity index is 1.67. The molecule has 0 aliphatic carbocycles. The van der Waals surface area contributed by atoms with Crippen molar-refractivity contribution in [3.05, 3.63) is 83.2 Å². The molecule has 3 aromatic carbocycles. The summed E-state index contributed by atoms with van der Waals surface area (Å²) < 4.78 is 25.6. The highest BCUT2D eigenvalue weighted by Crippen LogP contribution is 2.35. The monoisotopic (exact) mass is 465 g/mol. The molecule has 2 N–H and O–H groups in total. The van der Waals surface area contributed by atoms with Crippen LogP contribution in [-0.4, -0.2) is 31.8 Å². The second-order valence-corrected chi connectivity index (χ2v) is 8.15. The van der Waals surface area contributed by atoms with Gasteiger partial charge in [-0.3, -0.25) is 4.79 Å². The summed E-state index contributed by atoms with van der Waals surface area (Å²) in [5.74, 6) is 1.13. The molecule has 1 amide bonds. The number of rotatable bonds is 13. The number of hydrogen-bond acceptors (Lipinski definition) is 4. The normalized spacial score (nSPS) is 11.6. The van der Waals surface area contributed by atoms with E-state index in [2.05, 4.69) is 5.32 Å². The second kappa shape index (κ2) is 12.8. The van der Waals surface area contributed by atoms with E-state index in [0.717, 1.165) is 40.7 Å². The third kappa shape index (κ3) is 6.58. The molecular formula is C28H32FNO4. The molecule has 1 atom stereocenters. The molecule has 1 unspecified atom stereocenters. The lowest BCUT2D eigenvalue weighted by Gasteiger charge is -2.16. The van der Waals surface area contributed by atoms with Gasteiger partial charge in [0.25, 0.3) is 0 Å². The van der Waals surface area contributed by atoms with Crippen LogP contribution < -0.4 is 14.8 Å². The van der Waals surface area contributed by atoms with Crippen LogP contribution in [0.25, 0.3) is 11.1 Å². The quantitative estimate of drug-likeness (QED) is 0.267. The van der Waals surface area contributed by atoms with Crippen molar-refractivity contribution >= 4 is 6.41 Å². The van der Waals surface area contributed by atoms with E-state index in [-0.39, 0.29) is 18.3 Å². The first-order valence-electron chi connectivity index (χ1n) is 11.6. The van der Waals surface area contributed by atoms with Gasteiger partial charge in [0.2, 0.25) is 6.41 Å². The van der Waals surface area contributed by atoms with Gasteiger partial charge in [-0.15, -0.1) is 0 Å². The molecule has 0 saturated carbocycles. The van der Waals surface area contributed by atoms with Crippen LogP contribution in [0.15, 0.2) is 60.7 Å². The van der Waals surface area contributed by atoms with Crippen LogP contribution in [0.1, 0.15) is 42.4 Å². The molecule has 0 aromatic heterocycles. The molecule has 0 spiro atoms. The van der Waals surface area contributed by atoms with Gasteiger partial charge in [-0.1, -0.05) is 43.3 Å². The summed E-state index contributed by atoms with van der Waals surface area (Å²) in [6, 6.07) is 18.5. The molecule has 34 heavy (non-hydrogen) atoms. The first-order valence-corrected chi connectivity index (χ1v) is 11.6. The second-order valence-electron chi connectivity index (χ2n) is 8.15. The Morgan fingerprint density at radius 1 is 1.12 bits per heavy atom. The summed E-state index contributed by atoms with van der Waals surface area (Å²) in [4.78, 5) is 10.4. The van der Waals surface area contributed by atoms with Gasteiger partial charge >= 0.3 is 0 Å². The fourth-order valence-corrected chi connectivity index (χ4v) is 4.08. The number of methoxy groups -OCH3 is 1. The van der Waals surface area contributed by atoms with Crippen molar-refractivity contribution in [3.63, 3.8) is 0 Å². The highest BCUT2D eigenvalue weighted by atomic mass is 19.1. The highest BCUT2D eigenvalue weighted by Gasteiger charge is 2.13. The predicted molar refractivity (Wildman–Crippen MR) is 132 cm³/mol. The van der Waals surface area contributed by atoms with Crippen molar-refractivity contribution in [1.29, 1.82) is 0 Å². The first kappa shape index (κ1) is 25.2. The number of nitrogens with one attached hydrogen (secondary N) is 1. The van der Waals surface area contributed by atoms with Crippen LogP contribution >= 0.6 is 0 Å². The maximum absolute atomic E-state index is 14.1. The number of carbonyl (C=O) groups is 1. The zero-order chi connectivity index (χ0) is 24.3. The number of amides is 1. The molecule has 6 heteroatoms. The fourth-order valence-electron chi connectivity index (χ4n) is 4.08. The average molecular weight is 466 g/mol. The molecule has 0 aliphatic rings. The molecular weight excluding hydrogens is 433 g/mol. The van der Waals surface area contributed by atoms with Crippen molar-refractivity contribution in [2.75, 3.05) is 20.3 Å². The maximum atomic E-state index is 14.1. The molecule has 180 valence electrons. The van der Waals surface area contributed by atoms with Crippen LogP contribution in [0.5, 0.6) is 11.5 Å². The number of benzene rings is 3. The lowest BCUT2D eigenvalue weighted by molar-refractivity contribution is -0.109. The summed E-state index contributed by atoms with van der Waals surface area (Å²) in [6.07, 6.45) is 2.95. The Labute approximate surface area is 200 Å². The minimum atomic E-state index is -0.283. The number of aliphatic hydroxyl groups excluding tert-OH is 1. The minimum absolute atomic E-state index is 0.0157. The smallest absolute Gasteiger partial charge is 0.207 e. The average Bonchev–Trinajstić information content (AvgIpc) is 2.87. The van der Waals surface area contributed by atoms with E-state index in [1.807, 2.05) is 55.5 Å². The van der Waals surface area contributed by atoms with E-state index in [1.165, 1.54) is 12.1 Å². The van der Waals surface area contributed by atoms with E-state index in [4.69, 9.17) is 9.47 Å². The maximum Gasteiger partial charge on any atom is 0.207 e. The van der Waals surface area contributed by atoms with Gasteiger partial charge in [0.1, 0.15) is 23.9 Å². The first-order chi connectivity index (χ1) is 16.6. The molecule has 0 heterocycles. The van der Waals surface area contributed by atoms with Crippen molar-refractivity contribution in [2.45, 2.75) is 38.7 Å². The van der Waals surface area contributed by atoms with Gasteiger partial charge in [-0.2, -0.15) is 0 Å². The Morgan fingerprint density at radius 3 is 2.59 bits per heavy atom. The van der Waals surface area contributed by atoms with E-state index < -0.39 is 0 Å². The van der Waals surface area contributed by atoms with E-state index >= 15 is 0 Å². The summed E-state index contributed by atoms with van der Waals surface area (Å²) >= 11 is 0.